The number of piperidine rings is 1. The number of hydrogen-bond acceptors (Lipinski definition) is 3. The molecule has 1 aliphatic rings. The molecule has 0 saturated carbocycles. The average molecular weight is 353 g/mol. The fraction of sp³-hybridized carbons (Fsp3) is 0.381. The van der Waals surface area contributed by atoms with Gasteiger partial charge in [-0.2, -0.15) is 5.10 Å². The minimum atomic E-state index is -0.613. The van der Waals surface area contributed by atoms with Crippen LogP contribution in [0.25, 0.3) is 16.6 Å². The van der Waals surface area contributed by atoms with E-state index in [1.807, 2.05) is 12.1 Å². The topological polar surface area (TPSA) is 41.3 Å². The van der Waals surface area contributed by atoms with Crippen molar-refractivity contribution in [2.24, 2.45) is 5.41 Å². The number of fused-ring (bicyclic) bond motifs is 1. The molecule has 136 valence electrons. The smallest absolute Gasteiger partial charge is 0.165 e. The van der Waals surface area contributed by atoms with E-state index in [1.54, 1.807) is 17.8 Å². The van der Waals surface area contributed by atoms with Gasteiger partial charge in [0.25, 0.3) is 0 Å². The lowest BCUT2D eigenvalue weighted by Crippen LogP contribution is -2.37. The van der Waals surface area contributed by atoms with Crippen molar-refractivity contribution in [2.75, 3.05) is 18.0 Å². The molecule has 0 spiro atoms. The number of aryl methyl sites for hydroxylation is 1. The third-order valence-electron chi connectivity index (χ3n) is 5.59. The number of phenols is 1. The van der Waals surface area contributed by atoms with E-state index in [2.05, 4.69) is 36.0 Å². The van der Waals surface area contributed by atoms with Crippen molar-refractivity contribution in [3.05, 3.63) is 47.9 Å². The van der Waals surface area contributed by atoms with E-state index in [9.17, 15) is 9.50 Å². The van der Waals surface area contributed by atoms with E-state index >= 15 is 0 Å². The van der Waals surface area contributed by atoms with E-state index in [4.69, 9.17) is 0 Å². The third-order valence-corrected chi connectivity index (χ3v) is 5.59. The summed E-state index contributed by atoms with van der Waals surface area (Å²) in [5.74, 6) is -0.926. The average Bonchev–Trinajstić information content (AvgIpc) is 3.04. The van der Waals surface area contributed by atoms with Gasteiger partial charge in [0, 0.05) is 29.7 Å². The summed E-state index contributed by atoms with van der Waals surface area (Å²) in [6, 6.07) is 9.60. The molecule has 0 atom stereocenters. The summed E-state index contributed by atoms with van der Waals surface area (Å²) in [5.41, 5.74) is 3.77. The van der Waals surface area contributed by atoms with Gasteiger partial charge in [0.15, 0.2) is 11.6 Å². The normalized spacial score (nSPS) is 17.0. The highest BCUT2D eigenvalue weighted by molar-refractivity contribution is 5.85. The molecule has 4 nitrogen and oxygen atoms in total. The second-order valence-electron chi connectivity index (χ2n) is 7.99. The van der Waals surface area contributed by atoms with Crippen LogP contribution >= 0.6 is 0 Å². The van der Waals surface area contributed by atoms with Crippen LogP contribution < -0.4 is 4.90 Å². The minimum absolute atomic E-state index is 0.313. The Labute approximate surface area is 152 Å². The first-order valence-corrected chi connectivity index (χ1v) is 9.07. The Morgan fingerprint density at radius 3 is 2.35 bits per heavy atom. The van der Waals surface area contributed by atoms with Crippen LogP contribution in [0.3, 0.4) is 0 Å². The Bertz CT molecular complexity index is 950. The predicted molar refractivity (Wildman–Crippen MR) is 103 cm³/mol. The highest BCUT2D eigenvalue weighted by atomic mass is 19.1. The maximum absolute atomic E-state index is 13.7. The quantitative estimate of drug-likeness (QED) is 0.719. The molecule has 0 unspecified atom stereocenters. The van der Waals surface area contributed by atoms with E-state index in [0.717, 1.165) is 24.3 Å². The number of halogens is 1. The van der Waals surface area contributed by atoms with Gasteiger partial charge in [0.05, 0.1) is 17.4 Å². The highest BCUT2D eigenvalue weighted by Crippen LogP contribution is 2.33. The van der Waals surface area contributed by atoms with Gasteiger partial charge < -0.3 is 10.0 Å². The number of aromatic hydroxyl groups is 1. The molecule has 2 aromatic carbocycles. The maximum Gasteiger partial charge on any atom is 0.165 e. The molecule has 0 bridgehead atoms. The minimum Gasteiger partial charge on any atom is -0.505 e. The number of benzene rings is 2. The highest BCUT2D eigenvalue weighted by Gasteiger charge is 2.25. The predicted octanol–water partition coefficient (Wildman–Crippen LogP) is 4.81. The van der Waals surface area contributed by atoms with Crippen LogP contribution in [-0.2, 0) is 0 Å². The summed E-state index contributed by atoms with van der Waals surface area (Å²) < 4.78 is 15.5. The monoisotopic (exact) mass is 353 g/mol. The van der Waals surface area contributed by atoms with Gasteiger partial charge in [-0.15, -0.1) is 0 Å². The lowest BCUT2D eigenvalue weighted by molar-refractivity contribution is 0.280. The number of nitrogens with zero attached hydrogens (tertiary/aromatic N) is 3. The summed E-state index contributed by atoms with van der Waals surface area (Å²) in [5, 5.41) is 15.0. The van der Waals surface area contributed by atoms with Crippen molar-refractivity contribution in [2.45, 2.75) is 33.6 Å². The first kappa shape index (κ1) is 16.9. The number of hydrogen-bond donors (Lipinski definition) is 1. The second-order valence-corrected chi connectivity index (χ2v) is 7.99. The van der Waals surface area contributed by atoms with Crippen molar-refractivity contribution in [3.8, 4) is 11.4 Å². The van der Waals surface area contributed by atoms with Crippen molar-refractivity contribution < 1.29 is 9.50 Å². The molecule has 0 radical (unpaired) electrons. The summed E-state index contributed by atoms with van der Waals surface area (Å²) in [4.78, 5) is 2.42. The number of aromatic nitrogens is 2. The van der Waals surface area contributed by atoms with Crippen LogP contribution in [0.15, 0.2) is 36.5 Å². The van der Waals surface area contributed by atoms with Gasteiger partial charge in [-0.3, -0.25) is 0 Å². The van der Waals surface area contributed by atoms with Crippen molar-refractivity contribution in [1.82, 2.24) is 9.78 Å². The van der Waals surface area contributed by atoms with Crippen LogP contribution in [-0.4, -0.2) is 28.0 Å². The maximum atomic E-state index is 13.7. The van der Waals surface area contributed by atoms with Gasteiger partial charge >= 0.3 is 0 Å². The summed E-state index contributed by atoms with van der Waals surface area (Å²) in [6.45, 7) is 8.52. The molecule has 26 heavy (non-hydrogen) atoms. The molecule has 0 amide bonds. The van der Waals surface area contributed by atoms with E-state index in [-0.39, 0.29) is 5.75 Å². The van der Waals surface area contributed by atoms with Crippen molar-refractivity contribution in [3.63, 3.8) is 0 Å². The standard InChI is InChI=1S/C21H24FN3O/c1-14-19-15(12-18(22)20(14)26)13-23-25(19)17-6-4-16(5-7-17)24-10-8-21(2,3)9-11-24/h4-7,12-13,26H,8-11H2,1-3H3. The molecule has 4 rings (SSSR count). The Balaban J connectivity index is 1.66. The Morgan fingerprint density at radius 1 is 1.08 bits per heavy atom. The Hall–Kier alpha value is -2.56. The Morgan fingerprint density at radius 2 is 1.69 bits per heavy atom. The van der Waals surface area contributed by atoms with Gasteiger partial charge in [0.1, 0.15) is 0 Å². The molecule has 1 fully saturated rings. The summed E-state index contributed by atoms with van der Waals surface area (Å²) in [6.07, 6.45) is 4.02. The molecule has 5 heteroatoms. The third kappa shape index (κ3) is 2.81. The SMILES string of the molecule is Cc1c(O)c(F)cc2cnn(-c3ccc(N4CCC(C)(C)CC4)cc3)c12. The lowest BCUT2D eigenvalue weighted by atomic mass is 9.82. The van der Waals surface area contributed by atoms with Gasteiger partial charge in [-0.1, -0.05) is 13.8 Å². The summed E-state index contributed by atoms with van der Waals surface area (Å²) >= 11 is 0. The van der Waals surface area contributed by atoms with Crippen molar-refractivity contribution in [1.29, 1.82) is 0 Å². The van der Waals surface area contributed by atoms with Crippen LogP contribution in [0.5, 0.6) is 5.75 Å². The zero-order valence-corrected chi connectivity index (χ0v) is 15.5. The molecule has 2 heterocycles. The number of rotatable bonds is 2. The Kier molecular flexibility index (Phi) is 3.90. The van der Waals surface area contributed by atoms with Gasteiger partial charge in [-0.25, -0.2) is 9.07 Å². The van der Waals surface area contributed by atoms with Crippen LogP contribution in [0.1, 0.15) is 32.3 Å². The molecule has 3 aromatic rings. The zero-order valence-electron chi connectivity index (χ0n) is 15.5. The van der Waals surface area contributed by atoms with Crippen LogP contribution in [0.2, 0.25) is 0 Å². The van der Waals surface area contributed by atoms with Gasteiger partial charge in [-0.05, 0) is 55.5 Å². The molecular formula is C21H24FN3O. The first-order valence-electron chi connectivity index (χ1n) is 9.07. The fourth-order valence-corrected chi connectivity index (χ4v) is 3.71. The molecule has 0 aliphatic carbocycles. The first-order chi connectivity index (χ1) is 12.4. The molecular weight excluding hydrogens is 329 g/mol. The van der Waals surface area contributed by atoms with Gasteiger partial charge in [0.2, 0.25) is 0 Å². The van der Waals surface area contributed by atoms with E-state index in [1.165, 1.54) is 24.6 Å². The van der Waals surface area contributed by atoms with E-state index < -0.39 is 5.82 Å². The molecule has 1 aliphatic heterocycles. The lowest BCUT2D eigenvalue weighted by Gasteiger charge is -2.38. The van der Waals surface area contributed by atoms with E-state index in [0.29, 0.717) is 16.4 Å². The second kappa shape index (κ2) is 6.01. The summed E-state index contributed by atoms with van der Waals surface area (Å²) in [7, 11) is 0. The van der Waals surface area contributed by atoms with Crippen LogP contribution in [0.4, 0.5) is 10.1 Å². The molecule has 1 aromatic heterocycles. The zero-order chi connectivity index (χ0) is 18.5. The number of phenolic OH excluding ortho intramolecular Hbond substituents is 1. The van der Waals surface area contributed by atoms with Crippen molar-refractivity contribution >= 4 is 16.6 Å². The van der Waals surface area contributed by atoms with Crippen LogP contribution in [0, 0.1) is 18.2 Å². The molecule has 1 saturated heterocycles. The fourth-order valence-electron chi connectivity index (χ4n) is 3.71. The molecule has 1 N–H and O–H groups in total. The largest absolute Gasteiger partial charge is 0.505 e. The number of anilines is 1.